The highest BCUT2D eigenvalue weighted by Crippen LogP contribution is 2.24. The zero-order valence-corrected chi connectivity index (χ0v) is 17.3. The van der Waals surface area contributed by atoms with E-state index in [2.05, 4.69) is 9.62 Å². The summed E-state index contributed by atoms with van der Waals surface area (Å²) >= 11 is 0. The molecular weight excluding hydrogens is 401 g/mol. The van der Waals surface area contributed by atoms with Crippen LogP contribution < -0.4 is 4.72 Å². The van der Waals surface area contributed by atoms with Crippen LogP contribution in [0.25, 0.3) is 0 Å². The van der Waals surface area contributed by atoms with Gasteiger partial charge in [-0.05, 0) is 38.1 Å². The molecule has 3 atom stereocenters. The molecule has 8 nitrogen and oxygen atoms in total. The number of ether oxygens (including phenoxy) is 1. The first-order valence-electron chi connectivity index (χ1n) is 9.79. The number of aliphatic hydroxyl groups excluding tert-OH is 1. The molecule has 2 saturated heterocycles. The van der Waals surface area contributed by atoms with E-state index in [4.69, 9.17) is 4.74 Å². The van der Waals surface area contributed by atoms with Crippen LogP contribution in [-0.4, -0.2) is 87.3 Å². The Kier molecular flexibility index (Phi) is 7.23. The van der Waals surface area contributed by atoms with E-state index in [-0.39, 0.29) is 29.9 Å². The van der Waals surface area contributed by atoms with Crippen molar-refractivity contribution in [3.8, 4) is 0 Å². The highest BCUT2D eigenvalue weighted by Gasteiger charge is 2.35. The summed E-state index contributed by atoms with van der Waals surface area (Å²) in [6, 6.07) is 4.09. The predicted octanol–water partition coefficient (Wildman–Crippen LogP) is 0.177. The summed E-state index contributed by atoms with van der Waals surface area (Å²) in [6.45, 7) is 2.65. The molecule has 3 rings (SSSR count). The summed E-state index contributed by atoms with van der Waals surface area (Å²) in [7, 11) is -1.93. The molecule has 10 heteroatoms. The number of hydrogen-bond donors (Lipinski definition) is 2. The van der Waals surface area contributed by atoms with E-state index >= 15 is 0 Å². The Hall–Kier alpha value is -1.59. The summed E-state index contributed by atoms with van der Waals surface area (Å²) in [4.78, 5) is 16.3. The molecule has 0 radical (unpaired) electrons. The van der Waals surface area contributed by atoms with Crippen molar-refractivity contribution < 1.29 is 27.4 Å². The average molecular weight is 430 g/mol. The third-order valence-electron chi connectivity index (χ3n) is 5.47. The molecule has 162 valence electrons. The molecule has 0 saturated carbocycles. The first-order valence-corrected chi connectivity index (χ1v) is 11.3. The van der Waals surface area contributed by atoms with Crippen molar-refractivity contribution in [2.75, 3.05) is 39.8 Å². The maximum atomic E-state index is 13.4. The number of likely N-dealkylation sites (N-methyl/N-ethyl adjacent to an activating group) is 1. The molecule has 2 N–H and O–H groups in total. The number of carbonyl (C=O) groups excluding carboxylic acids is 1. The van der Waals surface area contributed by atoms with Crippen molar-refractivity contribution in [3.63, 3.8) is 0 Å². The lowest BCUT2D eigenvalue weighted by Gasteiger charge is -2.37. The highest BCUT2D eigenvalue weighted by atomic mass is 32.2. The Morgan fingerprint density at radius 2 is 2.00 bits per heavy atom. The number of carbonyl (C=O) groups is 1. The Balaban J connectivity index is 1.57. The topological polar surface area (TPSA) is 99.2 Å². The second-order valence-electron chi connectivity index (χ2n) is 7.63. The van der Waals surface area contributed by atoms with E-state index in [0.29, 0.717) is 25.9 Å². The Morgan fingerprint density at radius 3 is 2.66 bits per heavy atom. The number of hydrogen-bond acceptors (Lipinski definition) is 6. The lowest BCUT2D eigenvalue weighted by molar-refractivity contribution is -0.141. The zero-order chi connectivity index (χ0) is 21.0. The molecule has 0 aliphatic carbocycles. The van der Waals surface area contributed by atoms with E-state index in [9.17, 15) is 22.7 Å². The van der Waals surface area contributed by atoms with Crippen molar-refractivity contribution in [1.29, 1.82) is 0 Å². The molecule has 0 bridgehead atoms. The van der Waals surface area contributed by atoms with Gasteiger partial charge in [0.05, 0.1) is 36.2 Å². The molecule has 2 aliphatic heterocycles. The van der Waals surface area contributed by atoms with Gasteiger partial charge in [0.25, 0.3) is 0 Å². The standard InChI is InChI=1S/C19H28FN3O5S/c1-22-7-9-23(10-8-22)19(25)12-15-5-6-17(18(13-24)28-15)21-29(26,27)16-4-2-3-14(20)11-16/h2-4,11,15,17-18,21,24H,5-10,12-13H2,1H3/t15-,17-,18+/m1/s1. The number of aliphatic hydroxyl groups is 1. The fourth-order valence-electron chi connectivity index (χ4n) is 3.70. The number of nitrogens with zero attached hydrogens (tertiary/aromatic N) is 2. The maximum Gasteiger partial charge on any atom is 0.241 e. The third kappa shape index (κ3) is 5.73. The van der Waals surface area contributed by atoms with Crippen LogP contribution in [0.4, 0.5) is 4.39 Å². The number of piperazine rings is 1. The minimum atomic E-state index is -3.95. The van der Waals surface area contributed by atoms with E-state index in [1.165, 1.54) is 18.2 Å². The smallest absolute Gasteiger partial charge is 0.241 e. The van der Waals surface area contributed by atoms with Gasteiger partial charge in [0.1, 0.15) is 5.82 Å². The van der Waals surface area contributed by atoms with Crippen LogP contribution in [0.5, 0.6) is 0 Å². The molecule has 0 aromatic heterocycles. The van der Waals surface area contributed by atoms with Gasteiger partial charge in [0, 0.05) is 26.2 Å². The van der Waals surface area contributed by atoms with Gasteiger partial charge in [-0.3, -0.25) is 4.79 Å². The van der Waals surface area contributed by atoms with E-state index < -0.39 is 28.0 Å². The van der Waals surface area contributed by atoms with Gasteiger partial charge >= 0.3 is 0 Å². The van der Waals surface area contributed by atoms with Crippen LogP contribution in [0, 0.1) is 5.82 Å². The lowest BCUT2D eigenvalue weighted by Crippen LogP contribution is -2.52. The minimum absolute atomic E-state index is 0.0126. The first kappa shape index (κ1) is 22.1. The molecular formula is C19H28FN3O5S. The summed E-state index contributed by atoms with van der Waals surface area (Å²) in [5.74, 6) is -0.632. The predicted molar refractivity (Wildman–Crippen MR) is 104 cm³/mol. The largest absolute Gasteiger partial charge is 0.394 e. The normalized spacial score (nSPS) is 26.4. The first-order chi connectivity index (χ1) is 13.8. The van der Waals surface area contributed by atoms with Crippen LogP contribution >= 0.6 is 0 Å². The molecule has 1 aromatic rings. The van der Waals surface area contributed by atoms with Crippen molar-refractivity contribution in [2.24, 2.45) is 0 Å². The molecule has 2 heterocycles. The van der Waals surface area contributed by atoms with Crippen LogP contribution in [0.15, 0.2) is 29.2 Å². The summed E-state index contributed by atoms with van der Waals surface area (Å²) in [5.41, 5.74) is 0. The maximum absolute atomic E-state index is 13.4. The Labute approximate surface area is 170 Å². The van der Waals surface area contributed by atoms with Crippen molar-refractivity contribution >= 4 is 15.9 Å². The number of rotatable bonds is 6. The van der Waals surface area contributed by atoms with Crippen LogP contribution in [0.1, 0.15) is 19.3 Å². The average Bonchev–Trinajstić information content (AvgIpc) is 2.69. The zero-order valence-electron chi connectivity index (χ0n) is 16.5. The quantitative estimate of drug-likeness (QED) is 0.669. The van der Waals surface area contributed by atoms with E-state index in [1.807, 2.05) is 11.9 Å². The molecule has 0 unspecified atom stereocenters. The minimum Gasteiger partial charge on any atom is -0.394 e. The third-order valence-corrected chi connectivity index (χ3v) is 6.95. The van der Waals surface area contributed by atoms with E-state index in [0.717, 1.165) is 19.2 Å². The van der Waals surface area contributed by atoms with Gasteiger partial charge in [-0.15, -0.1) is 0 Å². The van der Waals surface area contributed by atoms with Gasteiger partial charge in [-0.1, -0.05) is 6.07 Å². The summed E-state index contributed by atoms with van der Waals surface area (Å²) in [6.07, 6.45) is -0.0114. The molecule has 1 aromatic carbocycles. The summed E-state index contributed by atoms with van der Waals surface area (Å²) in [5, 5.41) is 9.68. The second kappa shape index (κ2) is 9.48. The van der Waals surface area contributed by atoms with Crippen LogP contribution in [-0.2, 0) is 19.6 Å². The van der Waals surface area contributed by atoms with Crippen LogP contribution in [0.3, 0.4) is 0 Å². The summed E-state index contributed by atoms with van der Waals surface area (Å²) < 4.78 is 46.8. The number of amides is 1. The van der Waals surface area contributed by atoms with Crippen LogP contribution in [0.2, 0.25) is 0 Å². The molecule has 1 amide bonds. The van der Waals surface area contributed by atoms with Crippen molar-refractivity contribution in [1.82, 2.24) is 14.5 Å². The van der Waals surface area contributed by atoms with Crippen molar-refractivity contribution in [3.05, 3.63) is 30.1 Å². The Bertz CT molecular complexity index is 814. The number of sulfonamides is 1. The molecule has 2 fully saturated rings. The SMILES string of the molecule is CN1CCN(C(=O)C[C@H]2CC[C@@H](NS(=O)(=O)c3cccc(F)c3)[C@H](CO)O2)CC1. The van der Waals surface area contributed by atoms with Crippen molar-refractivity contribution in [2.45, 2.75) is 42.4 Å². The highest BCUT2D eigenvalue weighted by molar-refractivity contribution is 7.89. The molecule has 29 heavy (non-hydrogen) atoms. The lowest BCUT2D eigenvalue weighted by atomic mass is 9.97. The van der Waals surface area contributed by atoms with Gasteiger partial charge in [0.15, 0.2) is 0 Å². The number of benzene rings is 1. The van der Waals surface area contributed by atoms with Gasteiger partial charge in [0.2, 0.25) is 15.9 Å². The van der Waals surface area contributed by atoms with Gasteiger partial charge in [-0.2, -0.15) is 0 Å². The van der Waals surface area contributed by atoms with Gasteiger partial charge < -0.3 is 19.6 Å². The number of nitrogens with one attached hydrogen (secondary N) is 1. The van der Waals surface area contributed by atoms with E-state index in [1.54, 1.807) is 0 Å². The fraction of sp³-hybridized carbons (Fsp3) is 0.632. The molecule has 0 spiro atoms. The molecule has 2 aliphatic rings. The van der Waals surface area contributed by atoms with Gasteiger partial charge in [-0.25, -0.2) is 17.5 Å². The second-order valence-corrected chi connectivity index (χ2v) is 9.34. The number of halogens is 1. The Morgan fingerprint density at radius 1 is 1.28 bits per heavy atom. The monoisotopic (exact) mass is 429 g/mol. The fourth-order valence-corrected chi connectivity index (χ4v) is 5.03.